The minimum Gasteiger partial charge on any atom is -0.332 e. The van der Waals surface area contributed by atoms with Crippen LogP contribution in [0.2, 0.25) is 0 Å². The van der Waals surface area contributed by atoms with Gasteiger partial charge in [0.2, 0.25) is 5.91 Å². The third-order valence-corrected chi connectivity index (χ3v) is 4.60. The number of amides is 3. The Bertz CT molecular complexity index is 722. The lowest BCUT2D eigenvalue weighted by molar-refractivity contribution is -0.114. The van der Waals surface area contributed by atoms with Gasteiger partial charge in [-0.25, -0.2) is 9.78 Å². The molecule has 0 aliphatic heterocycles. The number of aromatic nitrogens is 1. The standard InChI is InChI=1S/C17H22N4O2S/c1-10-12(3)24-16(19-10)9-18-17(23)20-11(2)14-6-5-7-15(8-14)21-13(4)22/h5-8,11H,9H2,1-4H3,(H,21,22)(H2,18,20,23)/t11-/m0/s1. The third-order valence-electron chi connectivity index (χ3n) is 3.53. The van der Waals surface area contributed by atoms with Crippen molar-refractivity contribution in [3.05, 3.63) is 45.4 Å². The van der Waals surface area contributed by atoms with Crippen LogP contribution in [0, 0.1) is 13.8 Å². The maximum absolute atomic E-state index is 12.0. The van der Waals surface area contributed by atoms with Crippen molar-refractivity contribution >= 4 is 29.0 Å². The minimum atomic E-state index is -0.252. The number of carbonyl (C=O) groups is 2. The topological polar surface area (TPSA) is 83.1 Å². The van der Waals surface area contributed by atoms with E-state index in [1.54, 1.807) is 11.3 Å². The molecule has 2 aromatic rings. The number of hydrogen-bond donors (Lipinski definition) is 3. The quantitative estimate of drug-likeness (QED) is 0.777. The first-order valence-electron chi connectivity index (χ1n) is 7.70. The summed E-state index contributed by atoms with van der Waals surface area (Å²) in [5, 5.41) is 9.32. The lowest BCUT2D eigenvalue weighted by atomic mass is 10.1. The van der Waals surface area contributed by atoms with Gasteiger partial charge in [-0.2, -0.15) is 0 Å². The van der Waals surface area contributed by atoms with E-state index in [0.717, 1.165) is 21.1 Å². The van der Waals surface area contributed by atoms with Crippen LogP contribution in [-0.4, -0.2) is 16.9 Å². The van der Waals surface area contributed by atoms with E-state index in [2.05, 4.69) is 20.9 Å². The van der Waals surface area contributed by atoms with Crippen molar-refractivity contribution in [3.63, 3.8) is 0 Å². The first-order chi connectivity index (χ1) is 11.3. The highest BCUT2D eigenvalue weighted by Gasteiger charge is 2.11. The van der Waals surface area contributed by atoms with E-state index in [0.29, 0.717) is 12.2 Å². The van der Waals surface area contributed by atoms with Crippen molar-refractivity contribution in [1.29, 1.82) is 0 Å². The van der Waals surface area contributed by atoms with E-state index >= 15 is 0 Å². The Balaban J connectivity index is 1.90. The van der Waals surface area contributed by atoms with Gasteiger partial charge in [0.1, 0.15) is 5.01 Å². The summed E-state index contributed by atoms with van der Waals surface area (Å²) in [4.78, 5) is 28.7. The van der Waals surface area contributed by atoms with Gasteiger partial charge >= 0.3 is 6.03 Å². The van der Waals surface area contributed by atoms with E-state index in [1.807, 2.05) is 45.0 Å². The molecule has 1 heterocycles. The lowest BCUT2D eigenvalue weighted by Gasteiger charge is -2.16. The summed E-state index contributed by atoms with van der Waals surface area (Å²) >= 11 is 1.59. The van der Waals surface area contributed by atoms with Crippen LogP contribution in [0.25, 0.3) is 0 Å². The molecule has 0 unspecified atom stereocenters. The lowest BCUT2D eigenvalue weighted by Crippen LogP contribution is -2.36. The molecule has 1 aromatic heterocycles. The van der Waals surface area contributed by atoms with Crippen LogP contribution in [0.4, 0.5) is 10.5 Å². The van der Waals surface area contributed by atoms with Gasteiger partial charge in [-0.05, 0) is 38.5 Å². The average Bonchev–Trinajstić information content (AvgIpc) is 2.83. The molecule has 0 fully saturated rings. The molecule has 0 radical (unpaired) electrons. The number of hydrogen-bond acceptors (Lipinski definition) is 4. The maximum atomic E-state index is 12.0. The fourth-order valence-corrected chi connectivity index (χ4v) is 3.06. The number of benzene rings is 1. The molecule has 3 N–H and O–H groups in total. The van der Waals surface area contributed by atoms with E-state index in [-0.39, 0.29) is 18.0 Å². The molecule has 3 amide bonds. The Kier molecular flexibility index (Phi) is 5.92. The summed E-state index contributed by atoms with van der Waals surface area (Å²) < 4.78 is 0. The maximum Gasteiger partial charge on any atom is 0.315 e. The predicted octanol–water partition coefficient (Wildman–Crippen LogP) is 3.28. The molecular formula is C17H22N4O2S. The van der Waals surface area contributed by atoms with Crippen LogP contribution in [0.5, 0.6) is 0 Å². The smallest absolute Gasteiger partial charge is 0.315 e. The Labute approximate surface area is 145 Å². The van der Waals surface area contributed by atoms with Gasteiger partial charge in [0.05, 0.1) is 18.3 Å². The number of aryl methyl sites for hydroxylation is 2. The largest absolute Gasteiger partial charge is 0.332 e. The highest BCUT2D eigenvalue weighted by Crippen LogP contribution is 2.18. The third kappa shape index (κ3) is 5.06. The molecule has 7 heteroatoms. The zero-order chi connectivity index (χ0) is 17.7. The molecule has 6 nitrogen and oxygen atoms in total. The number of thiazole rings is 1. The van der Waals surface area contributed by atoms with Crippen LogP contribution in [-0.2, 0) is 11.3 Å². The van der Waals surface area contributed by atoms with Crippen LogP contribution in [0.15, 0.2) is 24.3 Å². The van der Waals surface area contributed by atoms with Crippen molar-refractivity contribution in [3.8, 4) is 0 Å². The van der Waals surface area contributed by atoms with Gasteiger partial charge < -0.3 is 16.0 Å². The SMILES string of the molecule is CC(=O)Nc1cccc([C@H](C)NC(=O)NCc2nc(C)c(C)s2)c1. The van der Waals surface area contributed by atoms with Gasteiger partial charge in [-0.3, -0.25) is 4.79 Å². The van der Waals surface area contributed by atoms with E-state index < -0.39 is 0 Å². The molecule has 0 saturated heterocycles. The normalized spacial score (nSPS) is 11.7. The summed E-state index contributed by atoms with van der Waals surface area (Å²) in [7, 11) is 0. The van der Waals surface area contributed by atoms with E-state index in [1.165, 1.54) is 6.92 Å². The molecule has 0 saturated carbocycles. The van der Waals surface area contributed by atoms with E-state index in [9.17, 15) is 9.59 Å². The number of nitrogens with one attached hydrogen (secondary N) is 3. The Morgan fingerprint density at radius 3 is 2.67 bits per heavy atom. The molecule has 1 aromatic carbocycles. The summed E-state index contributed by atoms with van der Waals surface area (Å²) in [6.07, 6.45) is 0. The number of anilines is 1. The van der Waals surface area contributed by atoms with Gasteiger partial charge in [-0.1, -0.05) is 12.1 Å². The molecule has 24 heavy (non-hydrogen) atoms. The van der Waals surface area contributed by atoms with Gasteiger partial charge in [0, 0.05) is 17.5 Å². The Morgan fingerprint density at radius 2 is 2.04 bits per heavy atom. The van der Waals surface area contributed by atoms with Crippen molar-refractivity contribution in [2.45, 2.75) is 40.3 Å². The monoisotopic (exact) mass is 346 g/mol. The van der Waals surface area contributed by atoms with Crippen molar-refractivity contribution < 1.29 is 9.59 Å². The molecule has 2 rings (SSSR count). The molecule has 1 atom stereocenters. The minimum absolute atomic E-state index is 0.125. The fourth-order valence-electron chi connectivity index (χ4n) is 2.19. The molecular weight excluding hydrogens is 324 g/mol. The number of urea groups is 1. The Hall–Kier alpha value is -2.41. The fraction of sp³-hybridized carbons (Fsp3) is 0.353. The second-order valence-corrected chi connectivity index (χ2v) is 6.89. The molecule has 0 spiro atoms. The van der Waals surface area contributed by atoms with Gasteiger partial charge in [0.15, 0.2) is 0 Å². The summed E-state index contributed by atoms with van der Waals surface area (Å²) in [6.45, 7) is 7.73. The highest BCUT2D eigenvalue weighted by molar-refractivity contribution is 7.11. The summed E-state index contributed by atoms with van der Waals surface area (Å²) in [6, 6.07) is 6.98. The highest BCUT2D eigenvalue weighted by atomic mass is 32.1. The molecule has 128 valence electrons. The predicted molar refractivity (Wildman–Crippen MR) is 96.1 cm³/mol. The zero-order valence-corrected chi connectivity index (χ0v) is 15.1. The second-order valence-electron chi connectivity index (χ2n) is 5.60. The zero-order valence-electron chi connectivity index (χ0n) is 14.3. The number of rotatable bonds is 5. The second kappa shape index (κ2) is 7.92. The number of carbonyl (C=O) groups excluding carboxylic acids is 2. The van der Waals surface area contributed by atoms with Crippen LogP contribution in [0.3, 0.4) is 0 Å². The van der Waals surface area contributed by atoms with Crippen LogP contribution >= 0.6 is 11.3 Å². The first-order valence-corrected chi connectivity index (χ1v) is 8.51. The molecule has 0 aliphatic rings. The van der Waals surface area contributed by atoms with E-state index in [4.69, 9.17) is 0 Å². The van der Waals surface area contributed by atoms with Gasteiger partial charge in [0.25, 0.3) is 0 Å². The summed E-state index contributed by atoms with van der Waals surface area (Å²) in [5.74, 6) is -0.125. The van der Waals surface area contributed by atoms with Crippen molar-refractivity contribution in [2.75, 3.05) is 5.32 Å². The summed E-state index contributed by atoms with van der Waals surface area (Å²) in [5.41, 5.74) is 2.63. The van der Waals surface area contributed by atoms with Crippen LogP contribution < -0.4 is 16.0 Å². The Morgan fingerprint density at radius 1 is 1.29 bits per heavy atom. The molecule has 0 bridgehead atoms. The average molecular weight is 346 g/mol. The van der Waals surface area contributed by atoms with Crippen LogP contribution in [0.1, 0.15) is 41.0 Å². The number of nitrogens with zero attached hydrogens (tertiary/aromatic N) is 1. The van der Waals surface area contributed by atoms with Crippen molar-refractivity contribution in [2.24, 2.45) is 0 Å². The first kappa shape index (κ1) is 17.9. The van der Waals surface area contributed by atoms with Gasteiger partial charge in [-0.15, -0.1) is 11.3 Å². The van der Waals surface area contributed by atoms with Crippen molar-refractivity contribution in [1.82, 2.24) is 15.6 Å². The molecule has 0 aliphatic carbocycles.